The van der Waals surface area contributed by atoms with Crippen molar-refractivity contribution >= 4 is 11.6 Å². The Kier molecular flexibility index (Phi) is 5.73. The Morgan fingerprint density at radius 3 is 2.42 bits per heavy atom. The summed E-state index contributed by atoms with van der Waals surface area (Å²) in [4.78, 5) is 11.5. The van der Waals surface area contributed by atoms with Gasteiger partial charge in [0.2, 0.25) is 0 Å². The molecule has 0 saturated carbocycles. The molecule has 1 aromatic carbocycles. The Labute approximate surface area is 113 Å². The van der Waals surface area contributed by atoms with Crippen LogP contribution in [-0.4, -0.2) is 5.91 Å². The lowest BCUT2D eigenvalue weighted by Gasteiger charge is -2.01. The number of carbonyl (C=O) groups is 1. The fourth-order valence-corrected chi connectivity index (χ4v) is 1.32. The molecule has 0 saturated heterocycles. The van der Waals surface area contributed by atoms with E-state index in [9.17, 15) is 9.18 Å². The zero-order valence-electron chi connectivity index (χ0n) is 11.4. The van der Waals surface area contributed by atoms with Gasteiger partial charge in [0.05, 0.1) is 0 Å². The van der Waals surface area contributed by atoms with Crippen molar-refractivity contribution in [1.82, 2.24) is 0 Å². The average molecular weight is 259 g/mol. The van der Waals surface area contributed by atoms with Gasteiger partial charge in [0.25, 0.3) is 5.91 Å². The summed E-state index contributed by atoms with van der Waals surface area (Å²) in [7, 11) is 0. The molecule has 0 radical (unpaired) electrons. The van der Waals surface area contributed by atoms with Crippen LogP contribution in [0.1, 0.15) is 19.4 Å². The van der Waals surface area contributed by atoms with Crippen LogP contribution in [0.4, 0.5) is 10.1 Å². The van der Waals surface area contributed by atoms with Gasteiger partial charge in [-0.2, -0.15) is 0 Å². The van der Waals surface area contributed by atoms with Crippen LogP contribution < -0.4 is 5.32 Å². The van der Waals surface area contributed by atoms with E-state index in [1.54, 1.807) is 24.3 Å². The highest BCUT2D eigenvalue weighted by atomic mass is 19.1. The van der Waals surface area contributed by atoms with Crippen molar-refractivity contribution in [2.75, 3.05) is 5.32 Å². The maximum absolute atomic E-state index is 13.4. The Morgan fingerprint density at radius 1 is 1.21 bits per heavy atom. The molecule has 3 heteroatoms. The van der Waals surface area contributed by atoms with Crippen LogP contribution in [0.25, 0.3) is 0 Å². The first-order valence-electron chi connectivity index (χ1n) is 6.04. The Hall–Kier alpha value is -2.16. The zero-order chi connectivity index (χ0) is 14.3. The van der Waals surface area contributed by atoms with E-state index in [-0.39, 0.29) is 0 Å². The monoisotopic (exact) mass is 259 g/mol. The summed E-state index contributed by atoms with van der Waals surface area (Å²) >= 11 is 0. The van der Waals surface area contributed by atoms with Crippen LogP contribution in [0.15, 0.2) is 60.0 Å². The summed E-state index contributed by atoms with van der Waals surface area (Å²) in [5.74, 6) is -1.06. The zero-order valence-corrected chi connectivity index (χ0v) is 11.4. The number of allylic oxidation sites excluding steroid dienone is 5. The highest BCUT2D eigenvalue weighted by Gasteiger charge is 1.99. The predicted octanol–water partition coefficient (Wildman–Crippen LogP) is 4.31. The maximum atomic E-state index is 13.4. The number of carbonyl (C=O) groups excluding carboxylic acids is 1. The first kappa shape index (κ1) is 14.9. The molecule has 0 aliphatic heterocycles. The number of amides is 1. The van der Waals surface area contributed by atoms with E-state index >= 15 is 0 Å². The Morgan fingerprint density at radius 2 is 1.84 bits per heavy atom. The van der Waals surface area contributed by atoms with Gasteiger partial charge in [-0.05, 0) is 39.0 Å². The first-order valence-corrected chi connectivity index (χ1v) is 6.04. The van der Waals surface area contributed by atoms with Crippen molar-refractivity contribution in [3.05, 3.63) is 65.5 Å². The van der Waals surface area contributed by atoms with Gasteiger partial charge in [-0.3, -0.25) is 4.79 Å². The second-order valence-electron chi connectivity index (χ2n) is 4.49. The van der Waals surface area contributed by atoms with Crippen LogP contribution >= 0.6 is 0 Å². The third-order valence-electron chi connectivity index (χ3n) is 2.27. The van der Waals surface area contributed by atoms with Gasteiger partial charge in [-0.15, -0.1) is 0 Å². The SMILES string of the molecule is CC(C)=C/C=C\C(F)=C\C(=O)Nc1ccc(C)cc1. The Bertz CT molecular complexity index is 520. The molecule has 0 heterocycles. The van der Waals surface area contributed by atoms with Crippen molar-refractivity contribution in [3.63, 3.8) is 0 Å². The van der Waals surface area contributed by atoms with Gasteiger partial charge < -0.3 is 5.32 Å². The fraction of sp³-hybridized carbons (Fsp3) is 0.188. The van der Waals surface area contributed by atoms with Crippen LogP contribution in [0.3, 0.4) is 0 Å². The highest BCUT2D eigenvalue weighted by molar-refractivity contribution is 5.99. The molecule has 0 atom stereocenters. The summed E-state index contributed by atoms with van der Waals surface area (Å²) in [5.41, 5.74) is 2.81. The molecule has 1 N–H and O–H groups in total. The lowest BCUT2D eigenvalue weighted by Crippen LogP contribution is -2.08. The molecule has 0 aliphatic carbocycles. The lowest BCUT2D eigenvalue weighted by atomic mass is 10.2. The van der Waals surface area contributed by atoms with E-state index in [4.69, 9.17) is 0 Å². The summed E-state index contributed by atoms with van der Waals surface area (Å²) in [6, 6.07) is 7.31. The standard InChI is InChI=1S/C16H18FNO/c1-12(2)5-4-6-14(17)11-16(19)18-15-9-7-13(3)8-10-15/h4-11H,1-3H3,(H,18,19)/b6-4-,14-11-. The van der Waals surface area contributed by atoms with Gasteiger partial charge in [0, 0.05) is 11.8 Å². The minimum atomic E-state index is -0.581. The average Bonchev–Trinajstić information content (AvgIpc) is 2.31. The van der Waals surface area contributed by atoms with Crippen molar-refractivity contribution in [2.24, 2.45) is 0 Å². The molecule has 2 nitrogen and oxygen atoms in total. The van der Waals surface area contributed by atoms with E-state index in [2.05, 4.69) is 5.32 Å². The topological polar surface area (TPSA) is 29.1 Å². The van der Waals surface area contributed by atoms with E-state index in [0.717, 1.165) is 17.2 Å². The molecule has 0 bridgehead atoms. The van der Waals surface area contributed by atoms with Crippen LogP contribution in [-0.2, 0) is 4.79 Å². The molecule has 0 aliphatic rings. The normalized spacial score (nSPS) is 11.5. The Balaban J connectivity index is 2.61. The summed E-state index contributed by atoms with van der Waals surface area (Å²) < 4.78 is 13.4. The fourth-order valence-electron chi connectivity index (χ4n) is 1.32. The number of hydrogen-bond acceptors (Lipinski definition) is 1. The quantitative estimate of drug-likeness (QED) is 0.633. The van der Waals surface area contributed by atoms with Crippen molar-refractivity contribution in [1.29, 1.82) is 0 Å². The number of rotatable bonds is 4. The number of halogens is 1. The molecular formula is C16H18FNO. The second-order valence-corrected chi connectivity index (χ2v) is 4.49. The highest BCUT2D eigenvalue weighted by Crippen LogP contribution is 2.09. The molecule has 1 aromatic rings. The number of nitrogens with one attached hydrogen (secondary N) is 1. The van der Waals surface area contributed by atoms with Crippen LogP contribution in [0.5, 0.6) is 0 Å². The van der Waals surface area contributed by atoms with E-state index < -0.39 is 11.7 Å². The second kappa shape index (κ2) is 7.31. The lowest BCUT2D eigenvalue weighted by molar-refractivity contribution is -0.112. The van der Waals surface area contributed by atoms with Gasteiger partial charge in [0.15, 0.2) is 0 Å². The van der Waals surface area contributed by atoms with Gasteiger partial charge in [-0.25, -0.2) is 4.39 Å². The third-order valence-corrected chi connectivity index (χ3v) is 2.27. The van der Waals surface area contributed by atoms with Crippen LogP contribution in [0, 0.1) is 6.92 Å². The largest absolute Gasteiger partial charge is 0.322 e. The number of anilines is 1. The van der Waals surface area contributed by atoms with Gasteiger partial charge in [0.1, 0.15) is 5.83 Å². The minimum Gasteiger partial charge on any atom is -0.322 e. The maximum Gasteiger partial charge on any atom is 0.251 e. The number of hydrogen-bond donors (Lipinski definition) is 1. The smallest absolute Gasteiger partial charge is 0.251 e. The van der Waals surface area contributed by atoms with E-state index in [1.165, 1.54) is 6.08 Å². The summed E-state index contributed by atoms with van der Waals surface area (Å²) in [5, 5.41) is 2.59. The van der Waals surface area contributed by atoms with E-state index in [1.807, 2.05) is 32.9 Å². The van der Waals surface area contributed by atoms with Crippen molar-refractivity contribution in [3.8, 4) is 0 Å². The summed E-state index contributed by atoms with van der Waals surface area (Å²) in [6.45, 7) is 5.78. The summed E-state index contributed by atoms with van der Waals surface area (Å²) in [6.07, 6.45) is 5.52. The third kappa shape index (κ3) is 6.36. The first-order chi connectivity index (χ1) is 8.97. The molecule has 1 amide bonds. The molecule has 0 unspecified atom stereocenters. The van der Waals surface area contributed by atoms with Crippen LogP contribution in [0.2, 0.25) is 0 Å². The molecule has 100 valence electrons. The molecule has 19 heavy (non-hydrogen) atoms. The van der Waals surface area contributed by atoms with Crippen molar-refractivity contribution in [2.45, 2.75) is 20.8 Å². The van der Waals surface area contributed by atoms with Gasteiger partial charge in [-0.1, -0.05) is 35.4 Å². The van der Waals surface area contributed by atoms with Crippen molar-refractivity contribution < 1.29 is 9.18 Å². The van der Waals surface area contributed by atoms with Gasteiger partial charge >= 0.3 is 0 Å². The molecular weight excluding hydrogens is 241 g/mol. The molecule has 0 aromatic heterocycles. The number of aryl methyl sites for hydroxylation is 1. The van der Waals surface area contributed by atoms with E-state index in [0.29, 0.717) is 5.69 Å². The predicted molar refractivity (Wildman–Crippen MR) is 77.6 cm³/mol. The molecule has 1 rings (SSSR count). The molecule has 0 spiro atoms. The molecule has 0 fully saturated rings. The number of benzene rings is 1. The minimum absolute atomic E-state index is 0.483.